The average molecular weight is 453 g/mol. The number of aromatic nitrogens is 2. The predicted molar refractivity (Wildman–Crippen MR) is 115 cm³/mol. The first kappa shape index (κ1) is 19.4. The molecule has 6 nitrogen and oxygen atoms in total. The molecule has 4 rings (SSSR count). The van der Waals surface area contributed by atoms with Gasteiger partial charge in [-0.2, -0.15) is 0 Å². The quantitative estimate of drug-likeness (QED) is 0.424. The van der Waals surface area contributed by atoms with Crippen molar-refractivity contribution < 1.29 is 17.9 Å². The first-order valence-electron chi connectivity index (χ1n) is 8.23. The maximum Gasteiger partial charge on any atom is 0.181 e. The fourth-order valence-electron chi connectivity index (χ4n) is 2.54. The number of ether oxygens (including phenoxy) is 2. The molecule has 2 atom stereocenters. The second-order valence-corrected chi connectivity index (χ2v) is 11.3. The van der Waals surface area contributed by atoms with Gasteiger partial charge >= 0.3 is 0 Å². The van der Waals surface area contributed by atoms with Gasteiger partial charge in [-0.25, -0.2) is 9.97 Å². The van der Waals surface area contributed by atoms with Crippen molar-refractivity contribution >= 4 is 64.7 Å². The highest BCUT2D eigenvalue weighted by molar-refractivity contribution is 7.91. The summed E-state index contributed by atoms with van der Waals surface area (Å²) in [7, 11) is 0.589. The van der Waals surface area contributed by atoms with Crippen molar-refractivity contribution in [1.29, 1.82) is 0 Å². The molecule has 146 valence electrons. The Bertz CT molecular complexity index is 1110. The van der Waals surface area contributed by atoms with Crippen LogP contribution < -0.4 is 9.47 Å². The Balaban J connectivity index is 1.46. The van der Waals surface area contributed by atoms with Crippen LogP contribution in [0, 0.1) is 0 Å². The van der Waals surface area contributed by atoms with E-state index in [1.165, 1.54) is 22.7 Å². The van der Waals surface area contributed by atoms with E-state index in [0.29, 0.717) is 8.68 Å². The van der Waals surface area contributed by atoms with Gasteiger partial charge in [0.05, 0.1) is 56.3 Å². The Morgan fingerprint density at radius 2 is 1.21 bits per heavy atom. The normalized spacial score (nSPS) is 13.6. The van der Waals surface area contributed by atoms with Crippen LogP contribution in [0.4, 0.5) is 0 Å². The van der Waals surface area contributed by atoms with Gasteiger partial charge in [-0.3, -0.25) is 8.42 Å². The van der Waals surface area contributed by atoms with Gasteiger partial charge in [0.25, 0.3) is 0 Å². The summed E-state index contributed by atoms with van der Waals surface area (Å²) >= 11 is 2.75. The third-order valence-electron chi connectivity index (χ3n) is 4.00. The molecule has 2 heterocycles. The van der Waals surface area contributed by atoms with E-state index < -0.39 is 21.6 Å². The summed E-state index contributed by atoms with van der Waals surface area (Å²) in [6.45, 7) is 0. The molecule has 0 N–H and O–H groups in total. The van der Waals surface area contributed by atoms with Gasteiger partial charge < -0.3 is 9.47 Å². The highest BCUT2D eigenvalue weighted by Gasteiger charge is 2.16. The Hall–Kier alpha value is -1.88. The zero-order chi connectivity index (χ0) is 19.7. The topological polar surface area (TPSA) is 78.4 Å². The molecule has 2 aromatic heterocycles. The third kappa shape index (κ3) is 3.95. The molecule has 0 aliphatic heterocycles. The molecule has 0 bridgehead atoms. The lowest BCUT2D eigenvalue weighted by Crippen LogP contribution is -2.08. The molecule has 4 aromatic rings. The molecule has 2 unspecified atom stereocenters. The van der Waals surface area contributed by atoms with E-state index in [0.717, 1.165) is 31.9 Å². The van der Waals surface area contributed by atoms with E-state index in [9.17, 15) is 8.42 Å². The lowest BCUT2D eigenvalue weighted by atomic mass is 10.3. The maximum absolute atomic E-state index is 12.6. The van der Waals surface area contributed by atoms with E-state index in [4.69, 9.17) is 9.47 Å². The van der Waals surface area contributed by atoms with E-state index in [1.54, 1.807) is 14.2 Å². The van der Waals surface area contributed by atoms with E-state index in [1.807, 2.05) is 36.4 Å². The molecule has 2 aromatic carbocycles. The van der Waals surface area contributed by atoms with Crippen LogP contribution in [0.25, 0.3) is 20.4 Å². The zero-order valence-electron chi connectivity index (χ0n) is 15.0. The first-order chi connectivity index (χ1) is 13.6. The van der Waals surface area contributed by atoms with Gasteiger partial charge in [0.15, 0.2) is 8.68 Å². The minimum Gasteiger partial charge on any atom is -0.497 e. The molecule has 28 heavy (non-hydrogen) atoms. The van der Waals surface area contributed by atoms with Crippen LogP contribution in [-0.2, 0) is 21.6 Å². The molecular formula is C18H16N2O4S4. The van der Waals surface area contributed by atoms with Gasteiger partial charge in [-0.15, -0.1) is 22.7 Å². The number of thiazole rings is 2. The summed E-state index contributed by atoms with van der Waals surface area (Å²) in [5, 5.41) is 0. The maximum atomic E-state index is 12.6. The van der Waals surface area contributed by atoms with Gasteiger partial charge in [0.1, 0.15) is 11.5 Å². The Labute approximate surface area is 174 Å². The summed E-state index contributed by atoms with van der Waals surface area (Å²) in [5.74, 6) is 2.01. The highest BCUT2D eigenvalue weighted by atomic mass is 32.2. The molecule has 0 saturated carbocycles. The summed E-state index contributed by atoms with van der Waals surface area (Å²) < 4.78 is 38.6. The minimum absolute atomic E-state index is 0.267. The molecule has 0 aliphatic carbocycles. The Kier molecular flexibility index (Phi) is 5.72. The SMILES string of the molecule is COc1ccc2nc(S(=O)CCS(=O)c3nc4ccc(OC)cc4s3)sc2c1. The van der Waals surface area contributed by atoms with Crippen LogP contribution in [0.3, 0.4) is 0 Å². The highest BCUT2D eigenvalue weighted by Crippen LogP contribution is 2.30. The molecule has 0 saturated heterocycles. The van der Waals surface area contributed by atoms with E-state index in [-0.39, 0.29) is 11.5 Å². The fourth-order valence-corrected chi connectivity index (χ4v) is 7.74. The van der Waals surface area contributed by atoms with Crippen LogP contribution in [0.15, 0.2) is 45.1 Å². The standard InChI is InChI=1S/C18H16N2O4S4/c1-23-11-3-5-13-15(9-11)25-17(19-13)27(21)7-8-28(22)18-20-14-6-4-12(24-2)10-16(14)26-18/h3-6,9-10H,7-8H2,1-2H3. The second-order valence-electron chi connectivity index (χ2n) is 5.73. The molecule has 0 amide bonds. The van der Waals surface area contributed by atoms with Crippen LogP contribution in [0.1, 0.15) is 0 Å². The van der Waals surface area contributed by atoms with Crippen molar-refractivity contribution in [2.75, 3.05) is 25.7 Å². The monoisotopic (exact) mass is 452 g/mol. The van der Waals surface area contributed by atoms with Gasteiger partial charge in [0, 0.05) is 11.5 Å². The summed E-state index contributed by atoms with van der Waals surface area (Å²) in [5.41, 5.74) is 1.57. The number of fused-ring (bicyclic) bond motifs is 2. The molecule has 0 radical (unpaired) electrons. The molecule has 0 fully saturated rings. The minimum atomic E-state index is -1.31. The fraction of sp³-hybridized carbons (Fsp3) is 0.222. The van der Waals surface area contributed by atoms with Crippen LogP contribution >= 0.6 is 22.7 Å². The molecule has 0 aliphatic rings. The van der Waals surface area contributed by atoms with Gasteiger partial charge in [-0.1, -0.05) is 0 Å². The van der Waals surface area contributed by atoms with Crippen molar-refractivity contribution in [2.45, 2.75) is 8.68 Å². The molecule has 10 heteroatoms. The van der Waals surface area contributed by atoms with Crippen LogP contribution in [0.5, 0.6) is 11.5 Å². The van der Waals surface area contributed by atoms with E-state index in [2.05, 4.69) is 9.97 Å². The van der Waals surface area contributed by atoms with Gasteiger partial charge in [-0.05, 0) is 36.4 Å². The largest absolute Gasteiger partial charge is 0.497 e. The number of nitrogens with zero attached hydrogens (tertiary/aromatic N) is 2. The van der Waals surface area contributed by atoms with Crippen molar-refractivity contribution in [3.05, 3.63) is 36.4 Å². The average Bonchev–Trinajstić information content (AvgIpc) is 3.34. The summed E-state index contributed by atoms with van der Waals surface area (Å²) in [6, 6.07) is 11.1. The number of rotatable bonds is 7. The number of methoxy groups -OCH3 is 2. The molecule has 0 spiro atoms. The van der Waals surface area contributed by atoms with Crippen LogP contribution in [0.2, 0.25) is 0 Å². The van der Waals surface area contributed by atoms with Gasteiger partial charge in [0.2, 0.25) is 0 Å². The predicted octanol–water partition coefficient (Wildman–Crippen LogP) is 3.84. The second kappa shape index (κ2) is 8.24. The summed E-state index contributed by atoms with van der Waals surface area (Å²) in [4.78, 5) is 8.86. The number of hydrogen-bond acceptors (Lipinski definition) is 8. The summed E-state index contributed by atoms with van der Waals surface area (Å²) in [6.07, 6.45) is 0. The first-order valence-corrected chi connectivity index (χ1v) is 12.5. The van der Waals surface area contributed by atoms with Crippen LogP contribution in [-0.4, -0.2) is 44.1 Å². The number of hydrogen-bond donors (Lipinski definition) is 0. The lowest BCUT2D eigenvalue weighted by Gasteiger charge is -1.97. The van der Waals surface area contributed by atoms with Crippen molar-refractivity contribution in [3.8, 4) is 11.5 Å². The smallest absolute Gasteiger partial charge is 0.181 e. The van der Waals surface area contributed by atoms with E-state index >= 15 is 0 Å². The zero-order valence-corrected chi connectivity index (χ0v) is 18.3. The molecular weight excluding hydrogens is 436 g/mol. The Morgan fingerprint density at radius 1 is 0.786 bits per heavy atom. The van der Waals surface area contributed by atoms with Crippen molar-refractivity contribution in [1.82, 2.24) is 9.97 Å². The van der Waals surface area contributed by atoms with Crippen molar-refractivity contribution in [2.24, 2.45) is 0 Å². The third-order valence-corrected chi connectivity index (χ3v) is 9.61. The Morgan fingerprint density at radius 3 is 1.61 bits per heavy atom. The number of benzene rings is 2. The van der Waals surface area contributed by atoms with Crippen molar-refractivity contribution in [3.63, 3.8) is 0 Å². The lowest BCUT2D eigenvalue weighted by molar-refractivity contribution is 0.415.